The van der Waals surface area contributed by atoms with E-state index in [2.05, 4.69) is 20.6 Å². The lowest BCUT2D eigenvalue weighted by Crippen LogP contribution is -2.55. The lowest BCUT2D eigenvalue weighted by Gasteiger charge is -2.57. The van der Waals surface area contributed by atoms with Gasteiger partial charge in [0.25, 0.3) is 11.5 Å². The topological polar surface area (TPSA) is 92.7 Å². The number of nitrogens with zero attached hydrogens (tertiary/aromatic N) is 3. The molecule has 162 valence electrons. The predicted octanol–water partition coefficient (Wildman–Crippen LogP) is 3.14. The van der Waals surface area contributed by atoms with E-state index in [4.69, 9.17) is 0 Å². The Balaban J connectivity index is 1.17. The second-order valence-electron chi connectivity index (χ2n) is 8.68. The summed E-state index contributed by atoms with van der Waals surface area (Å²) in [5, 5.41) is 15.0. The van der Waals surface area contributed by atoms with Crippen molar-refractivity contribution in [3.63, 3.8) is 0 Å². The lowest BCUT2D eigenvalue weighted by atomic mass is 9.49. The van der Waals surface area contributed by atoms with E-state index in [9.17, 15) is 22.8 Å². The Morgan fingerprint density at radius 3 is 2.58 bits per heavy atom. The largest absolute Gasteiger partial charge is 0.408 e. The molecule has 1 spiro atoms. The van der Waals surface area contributed by atoms with Crippen LogP contribution in [0, 0.1) is 5.41 Å². The van der Waals surface area contributed by atoms with Gasteiger partial charge in [0.15, 0.2) is 0 Å². The summed E-state index contributed by atoms with van der Waals surface area (Å²) in [6.45, 7) is -1.22. The second kappa shape index (κ2) is 6.93. The van der Waals surface area contributed by atoms with Crippen LogP contribution in [0.2, 0.25) is 0 Å². The minimum atomic E-state index is -4.38. The molecule has 5 rings (SSSR count). The molecule has 7 nitrogen and oxygen atoms in total. The highest BCUT2D eigenvalue weighted by Crippen LogP contribution is 2.62. The third-order valence-corrected chi connectivity index (χ3v) is 6.38. The van der Waals surface area contributed by atoms with Crippen LogP contribution in [-0.4, -0.2) is 38.1 Å². The molecule has 0 radical (unpaired) electrons. The molecule has 0 bridgehead atoms. The number of nitrogens with one attached hydrogen (secondary N) is 2. The van der Waals surface area contributed by atoms with Crippen molar-refractivity contribution >= 4 is 16.7 Å². The van der Waals surface area contributed by atoms with Gasteiger partial charge in [0.05, 0.1) is 11.1 Å². The van der Waals surface area contributed by atoms with Crippen molar-refractivity contribution in [3.05, 3.63) is 58.3 Å². The number of halogens is 3. The summed E-state index contributed by atoms with van der Waals surface area (Å²) in [7, 11) is 0. The number of hydrogen-bond acceptors (Lipinski definition) is 4. The Kier molecular flexibility index (Phi) is 4.42. The third-order valence-electron chi connectivity index (χ3n) is 6.38. The normalized spacial score (nSPS) is 25.3. The van der Waals surface area contributed by atoms with Crippen molar-refractivity contribution in [3.8, 4) is 0 Å². The average Bonchev–Trinajstić information content (AvgIpc) is 3.10. The summed E-state index contributed by atoms with van der Waals surface area (Å²) in [6, 6.07) is 8.71. The molecule has 0 atom stereocenters. The van der Waals surface area contributed by atoms with Crippen LogP contribution in [0.4, 0.5) is 13.2 Å². The monoisotopic (exact) mass is 431 g/mol. The van der Waals surface area contributed by atoms with Crippen LogP contribution in [0.5, 0.6) is 0 Å². The van der Waals surface area contributed by atoms with Gasteiger partial charge in [-0.05, 0) is 43.2 Å². The van der Waals surface area contributed by atoms with Gasteiger partial charge in [0, 0.05) is 23.5 Å². The van der Waals surface area contributed by atoms with Crippen LogP contribution in [0.25, 0.3) is 10.8 Å². The van der Waals surface area contributed by atoms with Crippen molar-refractivity contribution in [1.82, 2.24) is 25.3 Å². The first-order valence-corrected chi connectivity index (χ1v) is 10.1. The highest BCUT2D eigenvalue weighted by Gasteiger charge is 2.54. The fourth-order valence-electron chi connectivity index (χ4n) is 5.06. The number of H-pyrrole nitrogens is 1. The highest BCUT2D eigenvalue weighted by atomic mass is 19.4. The first-order valence-electron chi connectivity index (χ1n) is 10.1. The second-order valence-corrected chi connectivity index (χ2v) is 8.68. The van der Waals surface area contributed by atoms with Crippen LogP contribution in [0.1, 0.15) is 47.8 Å². The Bertz CT molecular complexity index is 1200. The Morgan fingerprint density at radius 1 is 1.16 bits per heavy atom. The van der Waals surface area contributed by atoms with Gasteiger partial charge in [-0.25, -0.2) is 5.10 Å². The van der Waals surface area contributed by atoms with E-state index in [1.807, 2.05) is 18.2 Å². The molecule has 0 unspecified atom stereocenters. The summed E-state index contributed by atoms with van der Waals surface area (Å²) < 4.78 is 38.0. The first-order chi connectivity index (χ1) is 14.7. The smallest absolute Gasteiger partial charge is 0.348 e. The molecule has 2 saturated carbocycles. The molecule has 31 heavy (non-hydrogen) atoms. The summed E-state index contributed by atoms with van der Waals surface area (Å²) in [5.74, 6) is -0.193. The summed E-state index contributed by atoms with van der Waals surface area (Å²) >= 11 is 0. The van der Waals surface area contributed by atoms with Crippen molar-refractivity contribution in [2.24, 2.45) is 5.41 Å². The van der Waals surface area contributed by atoms with E-state index >= 15 is 0 Å². The quantitative estimate of drug-likeness (QED) is 0.664. The lowest BCUT2D eigenvalue weighted by molar-refractivity contribution is -0.142. The third kappa shape index (κ3) is 3.70. The van der Waals surface area contributed by atoms with Crippen molar-refractivity contribution in [1.29, 1.82) is 0 Å². The molecule has 0 aliphatic heterocycles. The molecule has 2 aliphatic carbocycles. The first kappa shape index (κ1) is 19.8. The standard InChI is InChI=1S/C21H20F3N5O2/c22-21(23,24)11-29-6-5-16(28-29)19(31)25-13-9-20(10-13)7-12(8-20)17-14-3-1-2-4-15(14)18(30)27-26-17/h1-6,12-13H,7-11H2,(H,25,31)(H,27,30)/t12-,13-,20?. The molecular formula is C21H20F3N5O2. The molecule has 3 aromatic rings. The van der Waals surface area contributed by atoms with Crippen molar-refractivity contribution in [2.75, 3.05) is 0 Å². The van der Waals surface area contributed by atoms with E-state index in [1.54, 1.807) is 6.07 Å². The number of aromatic amines is 1. The number of alkyl halides is 3. The number of aromatic nitrogens is 4. The maximum Gasteiger partial charge on any atom is 0.408 e. The zero-order valence-corrected chi connectivity index (χ0v) is 16.4. The molecule has 1 amide bonds. The predicted molar refractivity (Wildman–Crippen MR) is 106 cm³/mol. The fourth-order valence-corrected chi connectivity index (χ4v) is 5.06. The van der Waals surface area contributed by atoms with Crippen LogP contribution >= 0.6 is 0 Å². The van der Waals surface area contributed by atoms with Crippen LogP contribution in [-0.2, 0) is 6.54 Å². The molecule has 0 saturated heterocycles. The van der Waals surface area contributed by atoms with Gasteiger partial charge in [-0.1, -0.05) is 18.2 Å². The fraction of sp³-hybridized carbons (Fsp3) is 0.429. The molecule has 2 fully saturated rings. The van der Waals surface area contributed by atoms with E-state index in [0.29, 0.717) is 5.39 Å². The molecule has 2 aromatic heterocycles. The van der Waals surface area contributed by atoms with Gasteiger partial charge < -0.3 is 5.32 Å². The summed E-state index contributed by atoms with van der Waals surface area (Å²) in [4.78, 5) is 24.3. The van der Waals surface area contributed by atoms with Gasteiger partial charge >= 0.3 is 6.18 Å². The zero-order valence-electron chi connectivity index (χ0n) is 16.4. The average molecular weight is 431 g/mol. The molecule has 2 aliphatic rings. The number of amides is 1. The minimum Gasteiger partial charge on any atom is -0.348 e. The van der Waals surface area contributed by atoms with E-state index in [0.717, 1.165) is 47.6 Å². The summed E-state index contributed by atoms with van der Waals surface area (Å²) in [5.41, 5.74) is 0.846. The molecule has 2 heterocycles. The number of benzene rings is 1. The SMILES string of the molecule is O=C(N[C@H]1CC2(C1)C[C@H](c1n[nH]c(=O)c3ccccc31)C2)c1ccn(CC(F)(F)F)n1. The van der Waals surface area contributed by atoms with E-state index in [-0.39, 0.29) is 28.6 Å². The maximum atomic E-state index is 12.4. The van der Waals surface area contributed by atoms with E-state index in [1.165, 1.54) is 6.07 Å². The number of carbonyl (C=O) groups excluding carboxylic acids is 1. The van der Waals surface area contributed by atoms with Gasteiger partial charge in [0.1, 0.15) is 12.2 Å². The molecular weight excluding hydrogens is 411 g/mol. The zero-order chi connectivity index (χ0) is 21.8. The number of rotatable bonds is 4. The molecule has 2 N–H and O–H groups in total. The molecule has 10 heteroatoms. The highest BCUT2D eigenvalue weighted by molar-refractivity contribution is 5.92. The van der Waals surface area contributed by atoms with Gasteiger partial charge in [-0.2, -0.15) is 23.4 Å². The Hall–Kier alpha value is -3.17. The van der Waals surface area contributed by atoms with Gasteiger partial charge in [-0.3, -0.25) is 14.3 Å². The van der Waals surface area contributed by atoms with Crippen molar-refractivity contribution in [2.45, 2.75) is 50.4 Å². The van der Waals surface area contributed by atoms with Crippen LogP contribution in [0.15, 0.2) is 41.3 Å². The Morgan fingerprint density at radius 2 is 1.87 bits per heavy atom. The Labute approximate surface area is 174 Å². The van der Waals surface area contributed by atoms with Crippen molar-refractivity contribution < 1.29 is 18.0 Å². The molecule has 1 aromatic carbocycles. The van der Waals surface area contributed by atoms with Crippen LogP contribution in [0.3, 0.4) is 0 Å². The maximum absolute atomic E-state index is 12.4. The van der Waals surface area contributed by atoms with E-state index < -0.39 is 18.6 Å². The number of fused-ring (bicyclic) bond motifs is 1. The van der Waals surface area contributed by atoms with Crippen LogP contribution < -0.4 is 10.9 Å². The number of hydrogen-bond donors (Lipinski definition) is 2. The number of carbonyl (C=O) groups is 1. The minimum absolute atomic E-state index is 0.0125. The van der Waals surface area contributed by atoms with Gasteiger partial charge in [0.2, 0.25) is 0 Å². The summed E-state index contributed by atoms with van der Waals surface area (Å²) in [6.07, 6.45) is 0.278. The van der Waals surface area contributed by atoms with Gasteiger partial charge in [-0.15, -0.1) is 0 Å².